The zero-order chi connectivity index (χ0) is 21.5. The molecular formula is C20H15Cl2N5O2S. The normalized spacial score (nSPS) is 10.1. The number of halogens is 2. The number of thiocarbonyl (C=S) groups is 1. The second-order valence-corrected chi connectivity index (χ2v) is 7.18. The Morgan fingerprint density at radius 2 is 1.63 bits per heavy atom. The van der Waals surface area contributed by atoms with E-state index in [1.807, 2.05) is 0 Å². The zero-order valence-electron chi connectivity index (χ0n) is 15.3. The van der Waals surface area contributed by atoms with Gasteiger partial charge in [-0.05, 0) is 66.8 Å². The number of nitrogens with one attached hydrogen (secondary N) is 4. The van der Waals surface area contributed by atoms with Crippen molar-refractivity contribution in [2.24, 2.45) is 0 Å². The van der Waals surface area contributed by atoms with Crippen LogP contribution in [0.2, 0.25) is 10.0 Å². The second kappa shape index (κ2) is 10.0. The van der Waals surface area contributed by atoms with Crippen molar-refractivity contribution in [3.8, 4) is 0 Å². The van der Waals surface area contributed by atoms with Crippen molar-refractivity contribution in [2.45, 2.75) is 0 Å². The number of rotatable bonds is 4. The maximum absolute atomic E-state index is 12.3. The Hall–Kier alpha value is -3.20. The standard InChI is InChI=1S/C20H15Cl2N5O2S/c21-14-5-8-17(16(22)10-14)25-20(30)27-26-19(29)12-3-6-15(7-4-12)24-18(28)13-2-1-9-23-11-13/h1-11H,(H,24,28)(H,26,29)(H2,25,27,30). The van der Waals surface area contributed by atoms with Gasteiger partial charge in [-0.1, -0.05) is 23.2 Å². The Balaban J connectivity index is 1.52. The first kappa shape index (κ1) is 21.5. The van der Waals surface area contributed by atoms with Crippen LogP contribution in [0.25, 0.3) is 0 Å². The van der Waals surface area contributed by atoms with Crippen molar-refractivity contribution in [2.75, 3.05) is 10.6 Å². The topological polar surface area (TPSA) is 95.1 Å². The molecule has 0 saturated carbocycles. The molecular weight excluding hydrogens is 445 g/mol. The average Bonchev–Trinajstić information content (AvgIpc) is 2.75. The molecule has 0 radical (unpaired) electrons. The number of hydrogen-bond acceptors (Lipinski definition) is 4. The molecule has 3 aromatic rings. The Morgan fingerprint density at radius 3 is 2.30 bits per heavy atom. The predicted octanol–water partition coefficient (Wildman–Crippen LogP) is 4.27. The quantitative estimate of drug-likeness (QED) is 0.343. The van der Waals surface area contributed by atoms with Crippen LogP contribution in [0.1, 0.15) is 20.7 Å². The molecule has 0 aliphatic heterocycles. The van der Waals surface area contributed by atoms with Crippen molar-refractivity contribution in [1.82, 2.24) is 15.8 Å². The van der Waals surface area contributed by atoms with E-state index in [1.165, 1.54) is 6.20 Å². The van der Waals surface area contributed by atoms with Gasteiger partial charge in [0, 0.05) is 28.7 Å². The minimum absolute atomic E-state index is 0.146. The molecule has 2 aromatic carbocycles. The van der Waals surface area contributed by atoms with Crippen LogP contribution in [0.3, 0.4) is 0 Å². The number of pyridine rings is 1. The van der Waals surface area contributed by atoms with Crippen molar-refractivity contribution in [3.05, 3.63) is 88.2 Å². The summed E-state index contributed by atoms with van der Waals surface area (Å²) in [5.41, 5.74) is 6.96. The number of amides is 2. The number of carbonyl (C=O) groups is 2. The molecule has 0 aliphatic carbocycles. The van der Waals surface area contributed by atoms with E-state index >= 15 is 0 Å². The predicted molar refractivity (Wildman–Crippen MR) is 122 cm³/mol. The molecule has 0 bridgehead atoms. The summed E-state index contributed by atoms with van der Waals surface area (Å²) in [4.78, 5) is 28.3. The molecule has 2 amide bonds. The van der Waals surface area contributed by atoms with Gasteiger partial charge in [0.2, 0.25) is 0 Å². The lowest BCUT2D eigenvalue weighted by Gasteiger charge is -2.13. The average molecular weight is 460 g/mol. The molecule has 4 N–H and O–H groups in total. The summed E-state index contributed by atoms with van der Waals surface area (Å²) in [5.74, 6) is -0.703. The molecule has 0 spiro atoms. The Morgan fingerprint density at radius 1 is 0.867 bits per heavy atom. The number of anilines is 2. The number of hydrazine groups is 1. The molecule has 0 aliphatic rings. The van der Waals surface area contributed by atoms with Crippen molar-refractivity contribution < 1.29 is 9.59 Å². The van der Waals surface area contributed by atoms with Crippen LogP contribution in [-0.4, -0.2) is 21.9 Å². The molecule has 3 rings (SSSR count). The number of nitrogens with zero attached hydrogens (tertiary/aromatic N) is 1. The van der Waals surface area contributed by atoms with E-state index in [9.17, 15) is 9.59 Å². The lowest BCUT2D eigenvalue weighted by Crippen LogP contribution is -2.43. The molecule has 0 unspecified atom stereocenters. The van der Waals surface area contributed by atoms with Gasteiger partial charge in [0.05, 0.1) is 16.3 Å². The number of carbonyl (C=O) groups excluding carboxylic acids is 2. The third kappa shape index (κ3) is 5.90. The highest BCUT2D eigenvalue weighted by molar-refractivity contribution is 7.80. The van der Waals surface area contributed by atoms with Gasteiger partial charge in [-0.3, -0.25) is 25.4 Å². The molecule has 152 valence electrons. The first-order valence-electron chi connectivity index (χ1n) is 8.56. The molecule has 0 fully saturated rings. The minimum atomic E-state index is -0.411. The summed E-state index contributed by atoms with van der Waals surface area (Å²) in [6.07, 6.45) is 3.06. The van der Waals surface area contributed by atoms with Crippen LogP contribution in [0.5, 0.6) is 0 Å². The van der Waals surface area contributed by atoms with Gasteiger partial charge in [0.25, 0.3) is 11.8 Å². The largest absolute Gasteiger partial charge is 0.330 e. The van der Waals surface area contributed by atoms with Gasteiger partial charge < -0.3 is 10.6 Å². The van der Waals surface area contributed by atoms with Crippen LogP contribution in [0, 0.1) is 0 Å². The fraction of sp³-hybridized carbons (Fsp3) is 0. The Bertz CT molecular complexity index is 1080. The molecule has 7 nitrogen and oxygen atoms in total. The van der Waals surface area contributed by atoms with E-state index in [-0.39, 0.29) is 11.0 Å². The van der Waals surface area contributed by atoms with Crippen LogP contribution < -0.4 is 21.5 Å². The van der Waals surface area contributed by atoms with E-state index in [0.29, 0.717) is 32.5 Å². The fourth-order valence-electron chi connectivity index (χ4n) is 2.34. The van der Waals surface area contributed by atoms with Crippen LogP contribution in [-0.2, 0) is 0 Å². The van der Waals surface area contributed by atoms with Crippen molar-refractivity contribution in [1.29, 1.82) is 0 Å². The molecule has 0 atom stereocenters. The van der Waals surface area contributed by atoms with Crippen molar-refractivity contribution >= 4 is 63.7 Å². The SMILES string of the molecule is O=C(NNC(=S)Nc1ccc(Cl)cc1Cl)c1ccc(NC(=O)c2cccnc2)cc1. The first-order chi connectivity index (χ1) is 14.4. The van der Waals surface area contributed by atoms with E-state index in [1.54, 1.807) is 60.8 Å². The third-order valence-electron chi connectivity index (χ3n) is 3.80. The van der Waals surface area contributed by atoms with Gasteiger partial charge in [0.15, 0.2) is 5.11 Å². The number of aromatic nitrogens is 1. The molecule has 30 heavy (non-hydrogen) atoms. The monoisotopic (exact) mass is 459 g/mol. The first-order valence-corrected chi connectivity index (χ1v) is 9.72. The zero-order valence-corrected chi connectivity index (χ0v) is 17.6. The maximum atomic E-state index is 12.3. The van der Waals surface area contributed by atoms with Crippen LogP contribution >= 0.6 is 35.4 Å². The second-order valence-electron chi connectivity index (χ2n) is 5.93. The van der Waals surface area contributed by atoms with E-state index in [0.717, 1.165) is 0 Å². The van der Waals surface area contributed by atoms with Crippen LogP contribution in [0.15, 0.2) is 67.0 Å². The highest BCUT2D eigenvalue weighted by Gasteiger charge is 2.09. The molecule has 1 heterocycles. The summed E-state index contributed by atoms with van der Waals surface area (Å²) >= 11 is 17.0. The van der Waals surface area contributed by atoms with E-state index in [4.69, 9.17) is 35.4 Å². The lowest BCUT2D eigenvalue weighted by atomic mass is 10.2. The summed E-state index contributed by atoms with van der Waals surface area (Å²) in [6, 6.07) is 14.6. The minimum Gasteiger partial charge on any atom is -0.330 e. The van der Waals surface area contributed by atoms with Gasteiger partial charge in [-0.25, -0.2) is 0 Å². The highest BCUT2D eigenvalue weighted by Crippen LogP contribution is 2.25. The summed E-state index contributed by atoms with van der Waals surface area (Å²) in [6.45, 7) is 0. The smallest absolute Gasteiger partial charge is 0.269 e. The van der Waals surface area contributed by atoms with Gasteiger partial charge in [-0.2, -0.15) is 0 Å². The highest BCUT2D eigenvalue weighted by atomic mass is 35.5. The fourth-order valence-corrected chi connectivity index (χ4v) is 2.95. The maximum Gasteiger partial charge on any atom is 0.269 e. The van der Waals surface area contributed by atoms with E-state index < -0.39 is 5.91 Å². The lowest BCUT2D eigenvalue weighted by molar-refractivity contribution is 0.0943. The molecule has 10 heteroatoms. The summed E-state index contributed by atoms with van der Waals surface area (Å²) in [5, 5.41) is 6.62. The Labute approximate surface area is 187 Å². The van der Waals surface area contributed by atoms with Crippen LogP contribution in [0.4, 0.5) is 11.4 Å². The van der Waals surface area contributed by atoms with Gasteiger partial charge >= 0.3 is 0 Å². The van der Waals surface area contributed by atoms with Gasteiger partial charge in [-0.15, -0.1) is 0 Å². The molecule has 1 aromatic heterocycles. The Kier molecular flexibility index (Phi) is 7.18. The summed E-state index contributed by atoms with van der Waals surface area (Å²) < 4.78 is 0. The third-order valence-corrected chi connectivity index (χ3v) is 4.55. The number of benzene rings is 2. The number of hydrogen-bond donors (Lipinski definition) is 4. The van der Waals surface area contributed by atoms with Crippen molar-refractivity contribution in [3.63, 3.8) is 0 Å². The van der Waals surface area contributed by atoms with E-state index in [2.05, 4.69) is 26.5 Å². The summed E-state index contributed by atoms with van der Waals surface area (Å²) in [7, 11) is 0. The molecule has 0 saturated heterocycles. The van der Waals surface area contributed by atoms with Gasteiger partial charge in [0.1, 0.15) is 0 Å².